The Kier molecular flexibility index (Phi) is 5.86. The summed E-state index contributed by atoms with van der Waals surface area (Å²) in [6, 6.07) is 12.8. The SMILES string of the molecule is CC(=O)Nc1ccc(NC(=O)N2CCN(c3cc(Cl)ccc3C)CC2)cc1. The van der Waals surface area contributed by atoms with Crippen molar-refractivity contribution in [2.24, 2.45) is 0 Å². The summed E-state index contributed by atoms with van der Waals surface area (Å²) in [4.78, 5) is 27.6. The molecular weight excluding hydrogens is 364 g/mol. The summed E-state index contributed by atoms with van der Waals surface area (Å²) in [6.45, 7) is 6.32. The van der Waals surface area contributed by atoms with Crippen molar-refractivity contribution in [3.63, 3.8) is 0 Å². The molecule has 3 rings (SSSR count). The molecule has 0 saturated carbocycles. The Morgan fingerprint density at radius 2 is 1.52 bits per heavy atom. The van der Waals surface area contributed by atoms with Crippen LogP contribution in [0.3, 0.4) is 0 Å². The van der Waals surface area contributed by atoms with Gasteiger partial charge in [0.05, 0.1) is 0 Å². The molecule has 1 saturated heterocycles. The van der Waals surface area contributed by atoms with Gasteiger partial charge in [0.1, 0.15) is 0 Å². The van der Waals surface area contributed by atoms with Gasteiger partial charge < -0.3 is 20.4 Å². The highest BCUT2D eigenvalue weighted by molar-refractivity contribution is 6.30. The Morgan fingerprint density at radius 1 is 0.926 bits per heavy atom. The number of hydrogen-bond donors (Lipinski definition) is 2. The predicted octanol–water partition coefficient (Wildman–Crippen LogP) is 3.96. The second-order valence-corrected chi connectivity index (χ2v) is 7.03. The monoisotopic (exact) mass is 386 g/mol. The third kappa shape index (κ3) is 4.92. The molecule has 7 heteroatoms. The summed E-state index contributed by atoms with van der Waals surface area (Å²) in [5, 5.41) is 6.32. The first-order valence-corrected chi connectivity index (χ1v) is 9.25. The van der Waals surface area contributed by atoms with Gasteiger partial charge in [-0.3, -0.25) is 4.79 Å². The zero-order chi connectivity index (χ0) is 19.4. The molecule has 142 valence electrons. The second-order valence-electron chi connectivity index (χ2n) is 6.59. The molecule has 0 atom stereocenters. The summed E-state index contributed by atoms with van der Waals surface area (Å²) in [5.41, 5.74) is 3.70. The Hall–Kier alpha value is -2.73. The molecule has 0 aliphatic carbocycles. The van der Waals surface area contributed by atoms with E-state index in [4.69, 9.17) is 11.6 Å². The second kappa shape index (κ2) is 8.31. The smallest absolute Gasteiger partial charge is 0.321 e. The van der Waals surface area contributed by atoms with Gasteiger partial charge in [0.15, 0.2) is 0 Å². The van der Waals surface area contributed by atoms with E-state index in [2.05, 4.69) is 22.5 Å². The van der Waals surface area contributed by atoms with Crippen molar-refractivity contribution in [3.05, 3.63) is 53.1 Å². The molecular formula is C20H23ClN4O2. The van der Waals surface area contributed by atoms with Crippen LogP contribution in [0, 0.1) is 6.92 Å². The van der Waals surface area contributed by atoms with Crippen LogP contribution in [-0.2, 0) is 4.79 Å². The molecule has 6 nitrogen and oxygen atoms in total. The Balaban J connectivity index is 1.55. The number of carbonyl (C=O) groups is 2. The molecule has 2 aromatic rings. The number of aryl methyl sites for hydroxylation is 1. The van der Waals surface area contributed by atoms with Crippen molar-refractivity contribution in [2.45, 2.75) is 13.8 Å². The third-order valence-corrected chi connectivity index (χ3v) is 4.77. The van der Waals surface area contributed by atoms with Gasteiger partial charge in [-0.2, -0.15) is 0 Å². The molecule has 2 aromatic carbocycles. The van der Waals surface area contributed by atoms with Gasteiger partial charge in [0.2, 0.25) is 5.91 Å². The lowest BCUT2D eigenvalue weighted by Crippen LogP contribution is -2.50. The van der Waals surface area contributed by atoms with E-state index in [0.717, 1.165) is 23.8 Å². The first-order chi connectivity index (χ1) is 12.9. The van der Waals surface area contributed by atoms with Crippen LogP contribution in [0.25, 0.3) is 0 Å². The average Bonchev–Trinajstić information content (AvgIpc) is 2.65. The normalized spacial score (nSPS) is 14.0. The number of halogens is 1. The first kappa shape index (κ1) is 19.0. The van der Waals surface area contributed by atoms with E-state index in [1.54, 1.807) is 29.2 Å². The van der Waals surface area contributed by atoms with Crippen LogP contribution >= 0.6 is 11.6 Å². The fourth-order valence-corrected chi connectivity index (χ4v) is 3.28. The number of urea groups is 1. The van der Waals surface area contributed by atoms with Crippen molar-refractivity contribution in [1.82, 2.24) is 4.90 Å². The lowest BCUT2D eigenvalue weighted by atomic mass is 10.1. The molecule has 1 fully saturated rings. The molecule has 2 N–H and O–H groups in total. The summed E-state index contributed by atoms with van der Waals surface area (Å²) in [7, 11) is 0. The molecule has 27 heavy (non-hydrogen) atoms. The highest BCUT2D eigenvalue weighted by Gasteiger charge is 2.22. The van der Waals surface area contributed by atoms with E-state index in [1.807, 2.05) is 18.2 Å². The summed E-state index contributed by atoms with van der Waals surface area (Å²) in [5.74, 6) is -0.125. The number of nitrogens with one attached hydrogen (secondary N) is 2. The molecule has 0 bridgehead atoms. The van der Waals surface area contributed by atoms with Crippen LogP contribution in [0.15, 0.2) is 42.5 Å². The topological polar surface area (TPSA) is 64.7 Å². The summed E-state index contributed by atoms with van der Waals surface area (Å²) in [6.07, 6.45) is 0. The van der Waals surface area contributed by atoms with E-state index >= 15 is 0 Å². The maximum Gasteiger partial charge on any atom is 0.321 e. The summed E-state index contributed by atoms with van der Waals surface area (Å²) < 4.78 is 0. The van der Waals surface area contributed by atoms with Gasteiger partial charge >= 0.3 is 6.03 Å². The number of nitrogens with zero attached hydrogens (tertiary/aromatic N) is 2. The molecule has 0 aromatic heterocycles. The largest absolute Gasteiger partial charge is 0.368 e. The van der Waals surface area contributed by atoms with E-state index in [1.165, 1.54) is 12.5 Å². The van der Waals surface area contributed by atoms with Crippen molar-refractivity contribution >= 4 is 40.6 Å². The Morgan fingerprint density at radius 3 is 2.11 bits per heavy atom. The van der Waals surface area contributed by atoms with Gasteiger partial charge in [0.25, 0.3) is 0 Å². The van der Waals surface area contributed by atoms with Crippen LogP contribution in [0.5, 0.6) is 0 Å². The Bertz CT molecular complexity index is 830. The van der Waals surface area contributed by atoms with Gasteiger partial charge in [-0.1, -0.05) is 17.7 Å². The number of piperazine rings is 1. The fraction of sp³-hybridized carbons (Fsp3) is 0.300. The number of rotatable bonds is 3. The van der Waals surface area contributed by atoms with Gasteiger partial charge in [-0.05, 0) is 48.9 Å². The first-order valence-electron chi connectivity index (χ1n) is 8.87. The zero-order valence-electron chi connectivity index (χ0n) is 15.5. The number of anilines is 3. The maximum absolute atomic E-state index is 12.5. The van der Waals surface area contributed by atoms with E-state index in [0.29, 0.717) is 24.5 Å². The van der Waals surface area contributed by atoms with Crippen LogP contribution in [0.2, 0.25) is 5.02 Å². The lowest BCUT2D eigenvalue weighted by molar-refractivity contribution is -0.114. The predicted molar refractivity (Wildman–Crippen MR) is 110 cm³/mol. The third-order valence-electron chi connectivity index (χ3n) is 4.54. The van der Waals surface area contributed by atoms with Crippen LogP contribution in [0.4, 0.5) is 21.9 Å². The number of benzene rings is 2. The number of hydrogen-bond acceptors (Lipinski definition) is 3. The molecule has 1 heterocycles. The standard InChI is InChI=1S/C20H23ClN4O2/c1-14-3-4-16(21)13-19(14)24-9-11-25(12-10-24)20(27)23-18-7-5-17(6-8-18)22-15(2)26/h3-8,13H,9-12H2,1-2H3,(H,22,26)(H,23,27). The fourth-order valence-electron chi connectivity index (χ4n) is 3.12. The molecule has 1 aliphatic rings. The van der Waals surface area contributed by atoms with E-state index < -0.39 is 0 Å². The summed E-state index contributed by atoms with van der Waals surface area (Å²) >= 11 is 6.12. The van der Waals surface area contributed by atoms with E-state index in [-0.39, 0.29) is 11.9 Å². The molecule has 0 spiro atoms. The highest BCUT2D eigenvalue weighted by Crippen LogP contribution is 2.25. The number of amides is 3. The number of carbonyl (C=O) groups excluding carboxylic acids is 2. The minimum absolute atomic E-state index is 0.121. The minimum atomic E-state index is -0.125. The van der Waals surface area contributed by atoms with Crippen molar-refractivity contribution < 1.29 is 9.59 Å². The quantitative estimate of drug-likeness (QED) is 0.839. The van der Waals surface area contributed by atoms with Crippen molar-refractivity contribution in [1.29, 1.82) is 0 Å². The van der Waals surface area contributed by atoms with E-state index in [9.17, 15) is 9.59 Å². The zero-order valence-corrected chi connectivity index (χ0v) is 16.2. The van der Waals surface area contributed by atoms with Gasteiger partial charge in [-0.25, -0.2) is 4.79 Å². The molecule has 1 aliphatic heterocycles. The van der Waals surface area contributed by atoms with Crippen LogP contribution in [-0.4, -0.2) is 43.0 Å². The lowest BCUT2D eigenvalue weighted by Gasteiger charge is -2.36. The molecule has 0 unspecified atom stereocenters. The Labute approximate surface area is 164 Å². The average molecular weight is 387 g/mol. The molecule has 0 radical (unpaired) electrons. The maximum atomic E-state index is 12.5. The van der Waals surface area contributed by atoms with Crippen molar-refractivity contribution in [2.75, 3.05) is 41.7 Å². The molecule has 3 amide bonds. The minimum Gasteiger partial charge on any atom is -0.368 e. The van der Waals surface area contributed by atoms with Crippen LogP contribution < -0.4 is 15.5 Å². The van der Waals surface area contributed by atoms with Gasteiger partial charge in [0, 0.05) is 55.2 Å². The van der Waals surface area contributed by atoms with Gasteiger partial charge in [-0.15, -0.1) is 0 Å². The van der Waals surface area contributed by atoms with Crippen LogP contribution in [0.1, 0.15) is 12.5 Å². The highest BCUT2D eigenvalue weighted by atomic mass is 35.5. The van der Waals surface area contributed by atoms with Crippen molar-refractivity contribution in [3.8, 4) is 0 Å².